The predicted octanol–water partition coefficient (Wildman–Crippen LogP) is 1.68. The van der Waals surface area contributed by atoms with E-state index in [-0.39, 0.29) is 11.9 Å². The highest BCUT2D eigenvalue weighted by Gasteiger charge is 2.38. The van der Waals surface area contributed by atoms with Crippen molar-refractivity contribution < 1.29 is 34.0 Å². The highest BCUT2D eigenvalue weighted by atomic mass is 31.2. The maximum atomic E-state index is 14.1. The molecule has 0 radical (unpaired) electrons. The first-order valence-electron chi connectivity index (χ1n) is 15.0. The van der Waals surface area contributed by atoms with Gasteiger partial charge in [0.1, 0.15) is 18.1 Å². The molecule has 15 heteroatoms. The lowest BCUT2D eigenvalue weighted by Gasteiger charge is -2.30. The van der Waals surface area contributed by atoms with Gasteiger partial charge < -0.3 is 42.2 Å². The van der Waals surface area contributed by atoms with Crippen molar-refractivity contribution in [2.75, 3.05) is 13.1 Å². The number of nitrogens with zero attached hydrogens (tertiary/aromatic N) is 2. The van der Waals surface area contributed by atoms with Crippen molar-refractivity contribution >= 4 is 37.0 Å². The zero-order valence-electron chi connectivity index (χ0n) is 26.2. The van der Waals surface area contributed by atoms with Crippen LogP contribution >= 0.6 is 7.29 Å². The number of carbonyl (C=O) groups excluding carboxylic acids is 2. The summed E-state index contributed by atoms with van der Waals surface area (Å²) in [5.74, 6) is -2.92. The Kier molecular flexibility index (Phi) is 15.4. The smallest absolute Gasteiger partial charge is 0.325 e. The molecule has 0 spiro atoms. The second kappa shape index (κ2) is 18.6. The predicted molar refractivity (Wildman–Crippen MR) is 176 cm³/mol. The molecule has 46 heavy (non-hydrogen) atoms. The summed E-state index contributed by atoms with van der Waals surface area (Å²) in [4.78, 5) is 52.4. The molecular weight excluding hydrogens is 613 g/mol. The van der Waals surface area contributed by atoms with Crippen LogP contribution in [0.4, 0.5) is 0 Å². The quantitative estimate of drug-likeness (QED) is 0.0627. The van der Waals surface area contributed by atoms with Crippen LogP contribution in [0.1, 0.15) is 50.7 Å². The summed E-state index contributed by atoms with van der Waals surface area (Å²) in [5, 5.41) is 23.0. The number of likely N-dealkylation sites (tertiary alicyclic amines) is 1. The normalized spacial score (nSPS) is 16.2. The Morgan fingerprint density at radius 2 is 1.48 bits per heavy atom. The summed E-state index contributed by atoms with van der Waals surface area (Å²) in [7, 11) is -3.07. The SMILES string of the molecule is C[C@H](NP(=O)(Cc1ccccc1)Cc1ccccc1)C(=O)N1CCC[C@H]1C(=O)N[C@H](C)C(=O)O.NC(N)=NCCC[C@H](N)C(=O)O. The first kappa shape index (κ1) is 37.9. The zero-order chi connectivity index (χ0) is 34.3. The molecule has 1 heterocycles. The van der Waals surface area contributed by atoms with Crippen LogP contribution in [-0.4, -0.2) is 82.1 Å². The van der Waals surface area contributed by atoms with Crippen molar-refractivity contribution in [3.05, 3.63) is 71.8 Å². The Labute approximate surface area is 269 Å². The number of guanidine groups is 1. The van der Waals surface area contributed by atoms with Gasteiger partial charge in [0.05, 0.1) is 6.04 Å². The number of hydrogen-bond donors (Lipinski definition) is 7. The molecule has 1 aliphatic rings. The van der Waals surface area contributed by atoms with Crippen LogP contribution in [0.25, 0.3) is 0 Å². The van der Waals surface area contributed by atoms with Crippen molar-refractivity contribution in [3.8, 4) is 0 Å². The summed E-state index contributed by atoms with van der Waals surface area (Å²) >= 11 is 0. The fourth-order valence-electron chi connectivity index (χ4n) is 4.88. The van der Waals surface area contributed by atoms with E-state index in [9.17, 15) is 23.7 Å². The summed E-state index contributed by atoms with van der Waals surface area (Å²) in [6, 6.07) is 15.6. The minimum atomic E-state index is -3.07. The minimum Gasteiger partial charge on any atom is -0.480 e. The van der Waals surface area contributed by atoms with Gasteiger partial charge in [-0.1, -0.05) is 60.7 Å². The Hall–Kier alpha value is -4.26. The van der Waals surface area contributed by atoms with Gasteiger partial charge in [-0.25, -0.2) is 0 Å². The zero-order valence-corrected chi connectivity index (χ0v) is 27.1. The Balaban J connectivity index is 0.000000521. The number of carbonyl (C=O) groups is 4. The van der Waals surface area contributed by atoms with Gasteiger partial charge >= 0.3 is 11.9 Å². The van der Waals surface area contributed by atoms with Crippen LogP contribution in [0, 0.1) is 0 Å². The van der Waals surface area contributed by atoms with Crippen LogP contribution in [0.3, 0.4) is 0 Å². The third kappa shape index (κ3) is 13.0. The van der Waals surface area contributed by atoms with Crippen LogP contribution in [-0.2, 0) is 36.1 Å². The summed E-state index contributed by atoms with van der Waals surface area (Å²) in [6.07, 6.45) is 2.64. The maximum absolute atomic E-state index is 14.1. The highest BCUT2D eigenvalue weighted by Crippen LogP contribution is 2.49. The van der Waals surface area contributed by atoms with Crippen LogP contribution < -0.4 is 27.6 Å². The number of carboxylic acids is 2. The molecule has 0 aliphatic carbocycles. The molecule has 0 saturated carbocycles. The number of aliphatic imine (C=N–C) groups is 1. The number of amides is 2. The largest absolute Gasteiger partial charge is 0.480 e. The number of aliphatic carboxylic acids is 2. The molecule has 10 N–H and O–H groups in total. The second-order valence-corrected chi connectivity index (χ2v) is 13.8. The molecule has 1 aliphatic heterocycles. The van der Waals surface area contributed by atoms with Crippen molar-refractivity contribution in [3.63, 3.8) is 0 Å². The van der Waals surface area contributed by atoms with E-state index in [1.165, 1.54) is 11.8 Å². The molecule has 2 aromatic rings. The highest BCUT2D eigenvalue weighted by molar-refractivity contribution is 7.60. The van der Waals surface area contributed by atoms with Gasteiger partial charge in [0.25, 0.3) is 0 Å². The third-order valence-electron chi connectivity index (χ3n) is 7.21. The van der Waals surface area contributed by atoms with Gasteiger partial charge in [0.2, 0.25) is 11.8 Å². The molecule has 4 atom stereocenters. The monoisotopic (exact) mass is 659 g/mol. The standard InChI is InChI=1S/C25H32N3O5P.C6H14N4O2/c1-18(24(30)28-15-9-14-22(28)23(29)26-19(2)25(31)32)27-34(33,16-20-10-5-3-6-11-20)17-21-12-7-4-8-13-21;7-4(5(11)12)2-1-3-10-6(8)9/h3-8,10-13,18-19,22H,9,14-17H2,1-2H3,(H,26,29)(H,27,33)(H,31,32);4H,1-3,7H2,(H,11,12)(H4,8,9,10)/t18-,19+,22-;4-/m00/s1. The van der Waals surface area contributed by atoms with Gasteiger partial charge in [0.15, 0.2) is 13.3 Å². The first-order valence-corrected chi connectivity index (χ1v) is 17.1. The first-order chi connectivity index (χ1) is 21.7. The van der Waals surface area contributed by atoms with Gasteiger partial charge in [-0.3, -0.25) is 29.3 Å². The van der Waals surface area contributed by atoms with Crippen molar-refractivity contribution in [2.24, 2.45) is 22.2 Å². The molecule has 2 aromatic carbocycles. The topological polar surface area (TPSA) is 244 Å². The van der Waals surface area contributed by atoms with E-state index in [2.05, 4.69) is 15.4 Å². The molecule has 1 saturated heterocycles. The number of nitrogens with two attached hydrogens (primary N) is 3. The fourth-order valence-corrected chi connectivity index (χ4v) is 7.59. The summed E-state index contributed by atoms with van der Waals surface area (Å²) < 4.78 is 14.1. The van der Waals surface area contributed by atoms with E-state index in [1.54, 1.807) is 6.92 Å². The molecular formula is C31H46N7O7P. The third-order valence-corrected chi connectivity index (χ3v) is 9.82. The summed E-state index contributed by atoms with van der Waals surface area (Å²) in [6.45, 7) is 3.86. The molecule has 0 aromatic heterocycles. The summed E-state index contributed by atoms with van der Waals surface area (Å²) in [5.41, 5.74) is 17.1. The molecule has 0 unspecified atom stereocenters. The minimum absolute atomic E-state index is 0.0129. The molecule has 252 valence electrons. The second-order valence-electron chi connectivity index (χ2n) is 11.2. The van der Waals surface area contributed by atoms with Gasteiger partial charge in [-0.15, -0.1) is 0 Å². The van der Waals surface area contributed by atoms with Crippen LogP contribution in [0.2, 0.25) is 0 Å². The van der Waals surface area contributed by atoms with E-state index >= 15 is 0 Å². The van der Waals surface area contributed by atoms with Crippen LogP contribution in [0.15, 0.2) is 65.7 Å². The van der Waals surface area contributed by atoms with Crippen molar-refractivity contribution in [1.82, 2.24) is 15.3 Å². The van der Waals surface area contributed by atoms with Gasteiger partial charge in [-0.2, -0.15) is 0 Å². The number of hydrogen-bond acceptors (Lipinski definition) is 7. The average molecular weight is 660 g/mol. The van der Waals surface area contributed by atoms with Crippen molar-refractivity contribution in [2.45, 2.75) is 76.0 Å². The Morgan fingerprint density at radius 3 is 1.96 bits per heavy atom. The lowest BCUT2D eigenvalue weighted by molar-refractivity contribution is -0.143. The lowest BCUT2D eigenvalue weighted by atomic mass is 10.1. The maximum Gasteiger partial charge on any atom is 0.325 e. The number of rotatable bonds is 15. The van der Waals surface area contributed by atoms with E-state index in [1.807, 2.05) is 60.7 Å². The molecule has 0 bridgehead atoms. The van der Waals surface area contributed by atoms with E-state index in [4.69, 9.17) is 27.4 Å². The number of benzene rings is 2. The van der Waals surface area contributed by atoms with E-state index < -0.39 is 49.3 Å². The van der Waals surface area contributed by atoms with Gasteiger partial charge in [-0.05, 0) is 50.7 Å². The number of nitrogens with one attached hydrogen (secondary N) is 2. The van der Waals surface area contributed by atoms with E-state index in [0.717, 1.165) is 11.1 Å². The average Bonchev–Trinajstić information content (AvgIpc) is 3.50. The molecule has 14 nitrogen and oxygen atoms in total. The fraction of sp³-hybridized carbons (Fsp3) is 0.452. The molecule has 1 fully saturated rings. The Bertz CT molecular complexity index is 1330. The van der Waals surface area contributed by atoms with E-state index in [0.29, 0.717) is 51.1 Å². The molecule has 3 rings (SSSR count). The lowest BCUT2D eigenvalue weighted by Crippen LogP contribution is -2.53. The van der Waals surface area contributed by atoms with Crippen molar-refractivity contribution in [1.29, 1.82) is 0 Å². The number of carboxylic acid groups (broad SMARTS) is 2. The van der Waals surface area contributed by atoms with Crippen LogP contribution in [0.5, 0.6) is 0 Å². The Morgan fingerprint density at radius 1 is 0.935 bits per heavy atom. The van der Waals surface area contributed by atoms with Gasteiger partial charge in [0, 0.05) is 25.4 Å². The molecule has 2 amide bonds.